The van der Waals surface area contributed by atoms with Gasteiger partial charge in [0.05, 0.1) is 0 Å². The van der Waals surface area contributed by atoms with E-state index in [9.17, 15) is 9.59 Å². The minimum Gasteiger partial charge on any atom is -0.383 e. The number of aromatic amines is 1. The third-order valence-electron chi connectivity index (χ3n) is 4.84. The molecule has 0 amide bonds. The van der Waals surface area contributed by atoms with Gasteiger partial charge >= 0.3 is 5.69 Å². The molecule has 164 valence electrons. The van der Waals surface area contributed by atoms with Crippen molar-refractivity contribution >= 4 is 34.5 Å². The second kappa shape index (κ2) is 10.4. The van der Waals surface area contributed by atoms with E-state index in [2.05, 4.69) is 43.2 Å². The van der Waals surface area contributed by atoms with Gasteiger partial charge in [-0.25, -0.2) is 4.79 Å². The molecule has 1 heterocycles. The lowest BCUT2D eigenvalue weighted by Crippen LogP contribution is -2.43. The lowest BCUT2D eigenvalue weighted by Gasteiger charge is -2.27. The van der Waals surface area contributed by atoms with Crippen LogP contribution in [0.15, 0.2) is 33.9 Å². The predicted octanol–water partition coefficient (Wildman–Crippen LogP) is 3.90. The summed E-state index contributed by atoms with van der Waals surface area (Å²) in [4.78, 5) is 29.1. The minimum absolute atomic E-state index is 0.132. The first-order valence-corrected chi connectivity index (χ1v) is 10.9. The largest absolute Gasteiger partial charge is 0.383 e. The predicted molar refractivity (Wildman–Crippen MR) is 130 cm³/mol. The first kappa shape index (κ1) is 23.7. The topological polar surface area (TPSA) is 96.2 Å². The van der Waals surface area contributed by atoms with Gasteiger partial charge in [0.25, 0.3) is 5.56 Å². The van der Waals surface area contributed by atoms with Crippen molar-refractivity contribution in [1.29, 1.82) is 0 Å². The molecule has 0 spiro atoms. The van der Waals surface area contributed by atoms with Crippen LogP contribution in [0.1, 0.15) is 58.9 Å². The van der Waals surface area contributed by atoms with Gasteiger partial charge < -0.3 is 16.0 Å². The summed E-state index contributed by atoms with van der Waals surface area (Å²) in [6.07, 6.45) is 1.74. The van der Waals surface area contributed by atoms with Crippen LogP contribution in [0.2, 0.25) is 0 Å². The Morgan fingerprint density at radius 3 is 2.37 bits per heavy atom. The van der Waals surface area contributed by atoms with Gasteiger partial charge in [-0.3, -0.25) is 14.3 Å². The minimum atomic E-state index is -0.534. The van der Waals surface area contributed by atoms with Crippen molar-refractivity contribution in [3.05, 3.63) is 50.7 Å². The van der Waals surface area contributed by atoms with Crippen LogP contribution in [0.5, 0.6) is 0 Å². The molecule has 1 aromatic carbocycles. The molecule has 0 bridgehead atoms. The van der Waals surface area contributed by atoms with E-state index in [1.807, 2.05) is 26.0 Å². The highest BCUT2D eigenvalue weighted by atomic mass is 32.1. The summed E-state index contributed by atoms with van der Waals surface area (Å²) in [6.45, 7) is 11.2. The van der Waals surface area contributed by atoms with E-state index in [0.29, 0.717) is 24.1 Å². The summed E-state index contributed by atoms with van der Waals surface area (Å²) in [5, 5.41) is 3.57. The van der Waals surface area contributed by atoms with Crippen LogP contribution >= 0.6 is 12.2 Å². The number of unbranched alkanes of at least 4 members (excludes halogenated alkanes) is 1. The van der Waals surface area contributed by atoms with Crippen molar-refractivity contribution in [2.45, 2.75) is 59.9 Å². The SMILES string of the molecule is CCCCN(C(=S)Nc1ccc(C(C)C)cc1)c1c(N)n(CC(C)C)c(=O)[nH]c1=O. The summed E-state index contributed by atoms with van der Waals surface area (Å²) in [5.74, 6) is 0.762. The maximum atomic E-state index is 12.7. The Morgan fingerprint density at radius 1 is 1.20 bits per heavy atom. The average molecular weight is 432 g/mol. The van der Waals surface area contributed by atoms with Crippen molar-refractivity contribution in [1.82, 2.24) is 9.55 Å². The maximum Gasteiger partial charge on any atom is 0.330 e. The van der Waals surface area contributed by atoms with Crippen molar-refractivity contribution < 1.29 is 0 Å². The summed E-state index contributed by atoms with van der Waals surface area (Å²) < 4.78 is 1.40. The van der Waals surface area contributed by atoms with Crippen molar-refractivity contribution in [3.8, 4) is 0 Å². The fourth-order valence-electron chi connectivity index (χ4n) is 3.16. The summed E-state index contributed by atoms with van der Waals surface area (Å²) in [6, 6.07) is 8.03. The van der Waals surface area contributed by atoms with Crippen LogP contribution in [0.4, 0.5) is 17.2 Å². The number of nitrogens with one attached hydrogen (secondary N) is 2. The number of nitrogen functional groups attached to an aromatic ring is 1. The molecule has 2 aromatic rings. The molecular weight excluding hydrogens is 398 g/mol. The number of benzene rings is 1. The first-order valence-electron chi connectivity index (χ1n) is 10.5. The van der Waals surface area contributed by atoms with Crippen molar-refractivity contribution in [3.63, 3.8) is 0 Å². The van der Waals surface area contributed by atoms with E-state index in [0.717, 1.165) is 18.5 Å². The van der Waals surface area contributed by atoms with Gasteiger partial charge in [0.1, 0.15) is 5.82 Å². The monoisotopic (exact) mass is 431 g/mol. The van der Waals surface area contributed by atoms with E-state index < -0.39 is 11.2 Å². The van der Waals surface area contributed by atoms with Gasteiger partial charge in [-0.05, 0) is 48.2 Å². The Labute approximate surface area is 183 Å². The van der Waals surface area contributed by atoms with Gasteiger partial charge in [-0.1, -0.05) is 53.2 Å². The van der Waals surface area contributed by atoms with Crippen LogP contribution in [0, 0.1) is 5.92 Å². The molecule has 0 unspecified atom stereocenters. The number of aromatic nitrogens is 2. The number of thiocarbonyl (C=S) groups is 1. The van der Waals surface area contributed by atoms with Crippen LogP contribution in [-0.4, -0.2) is 21.2 Å². The number of H-pyrrole nitrogens is 1. The molecular formula is C22H33N5O2S. The quantitative estimate of drug-likeness (QED) is 0.549. The smallest absolute Gasteiger partial charge is 0.330 e. The molecule has 0 radical (unpaired) electrons. The average Bonchev–Trinajstić information content (AvgIpc) is 2.67. The highest BCUT2D eigenvalue weighted by molar-refractivity contribution is 7.80. The van der Waals surface area contributed by atoms with Crippen LogP contribution < -0.4 is 27.2 Å². The zero-order valence-electron chi connectivity index (χ0n) is 18.5. The zero-order valence-corrected chi connectivity index (χ0v) is 19.3. The number of nitrogens with two attached hydrogens (primary N) is 1. The van der Waals surface area contributed by atoms with Gasteiger partial charge in [0, 0.05) is 18.8 Å². The van der Waals surface area contributed by atoms with Crippen LogP contribution in [0.25, 0.3) is 0 Å². The fourth-order valence-corrected chi connectivity index (χ4v) is 3.46. The molecule has 1 aromatic heterocycles. The second-order valence-electron chi connectivity index (χ2n) is 8.21. The summed E-state index contributed by atoms with van der Waals surface area (Å²) in [7, 11) is 0. The van der Waals surface area contributed by atoms with Crippen molar-refractivity contribution in [2.24, 2.45) is 5.92 Å². The molecule has 0 saturated carbocycles. The Balaban J connectivity index is 2.43. The Morgan fingerprint density at radius 2 is 1.83 bits per heavy atom. The highest BCUT2D eigenvalue weighted by Crippen LogP contribution is 2.21. The number of rotatable bonds is 8. The molecule has 0 aliphatic heterocycles. The molecule has 0 aliphatic rings. The van der Waals surface area contributed by atoms with E-state index in [1.165, 1.54) is 10.1 Å². The van der Waals surface area contributed by atoms with E-state index in [4.69, 9.17) is 18.0 Å². The third-order valence-corrected chi connectivity index (χ3v) is 5.16. The van der Waals surface area contributed by atoms with E-state index in [1.54, 1.807) is 4.90 Å². The van der Waals surface area contributed by atoms with Gasteiger partial charge in [0.2, 0.25) is 0 Å². The number of nitrogens with zero attached hydrogens (tertiary/aromatic N) is 2. The third kappa shape index (κ3) is 5.72. The van der Waals surface area contributed by atoms with Crippen molar-refractivity contribution in [2.75, 3.05) is 22.5 Å². The van der Waals surface area contributed by atoms with Gasteiger partial charge in [-0.2, -0.15) is 0 Å². The highest BCUT2D eigenvalue weighted by Gasteiger charge is 2.22. The standard InChI is InChI=1S/C22H33N5O2S/c1-6-7-12-26(22(30)24-17-10-8-16(9-11-17)15(4)5)18-19(23)27(13-14(2)3)21(29)25-20(18)28/h8-11,14-15H,6-7,12-13,23H2,1-5H3,(H,24,30)(H,25,28,29). The van der Waals surface area contributed by atoms with Gasteiger partial charge in [0.15, 0.2) is 10.8 Å². The normalized spacial score (nSPS) is 11.2. The molecule has 8 heteroatoms. The lowest BCUT2D eigenvalue weighted by atomic mass is 10.0. The van der Waals surface area contributed by atoms with E-state index in [-0.39, 0.29) is 17.4 Å². The Kier molecular flexibility index (Phi) is 8.23. The Bertz CT molecular complexity index is 977. The molecule has 7 nitrogen and oxygen atoms in total. The maximum absolute atomic E-state index is 12.7. The van der Waals surface area contributed by atoms with E-state index >= 15 is 0 Å². The molecule has 0 aliphatic carbocycles. The number of hydrogen-bond donors (Lipinski definition) is 3. The summed E-state index contributed by atoms with van der Waals surface area (Å²) in [5.41, 5.74) is 7.53. The van der Waals surface area contributed by atoms with Crippen LogP contribution in [0.3, 0.4) is 0 Å². The fraction of sp³-hybridized carbons (Fsp3) is 0.500. The molecule has 2 rings (SSSR count). The second-order valence-corrected chi connectivity index (χ2v) is 8.60. The number of anilines is 3. The van der Waals surface area contributed by atoms with Gasteiger partial charge in [-0.15, -0.1) is 0 Å². The van der Waals surface area contributed by atoms with Crippen LogP contribution in [-0.2, 0) is 6.54 Å². The zero-order chi connectivity index (χ0) is 22.4. The Hall–Kier alpha value is -2.61. The number of hydrogen-bond acceptors (Lipinski definition) is 4. The first-order chi connectivity index (χ1) is 14.1. The molecule has 0 saturated heterocycles. The summed E-state index contributed by atoms with van der Waals surface area (Å²) >= 11 is 5.64. The molecule has 0 atom stereocenters. The lowest BCUT2D eigenvalue weighted by molar-refractivity contribution is 0.507. The molecule has 30 heavy (non-hydrogen) atoms. The molecule has 0 fully saturated rings. The molecule has 4 N–H and O–H groups in total.